The molecule has 1 aromatic heterocycles. The molecule has 0 spiro atoms. The van der Waals surface area contributed by atoms with Crippen LogP contribution >= 0.6 is 0 Å². The second kappa shape index (κ2) is 6.05. The number of nitrogens with zero attached hydrogens (tertiary/aromatic N) is 3. The smallest absolute Gasteiger partial charge is 0.354 e. The average Bonchev–Trinajstić information content (AvgIpc) is 3.27. The quantitative estimate of drug-likeness (QED) is 0.806. The standard InChI is InChI=1S/C19H23N5O3S/c1-10-6-13-7-12-4-3-5-14(12)17(16(10)13)22-19(25)23-28(20,26)15-8-21-24-9-11(2)27-18(15)24/h7-8,10-11H,3-6,9H2,1-2H3,(H3,20,22,23,25,26)/t10-,11-,28-/m1/s1. The van der Waals surface area contributed by atoms with E-state index in [-0.39, 0.29) is 11.0 Å². The van der Waals surface area contributed by atoms with E-state index in [9.17, 15) is 9.00 Å². The van der Waals surface area contributed by atoms with E-state index in [2.05, 4.69) is 27.8 Å². The number of aromatic nitrogens is 2. The normalized spacial score (nSPS) is 23.7. The van der Waals surface area contributed by atoms with Crippen LogP contribution in [-0.4, -0.2) is 26.1 Å². The van der Waals surface area contributed by atoms with E-state index in [1.165, 1.54) is 28.5 Å². The van der Waals surface area contributed by atoms with Crippen LogP contribution in [0, 0.1) is 0 Å². The summed E-state index contributed by atoms with van der Waals surface area (Å²) in [6, 6.07) is 1.57. The first kappa shape index (κ1) is 17.7. The Kier molecular flexibility index (Phi) is 3.82. The summed E-state index contributed by atoms with van der Waals surface area (Å²) in [4.78, 5) is 12.8. The Morgan fingerprint density at radius 2 is 2.21 bits per heavy atom. The van der Waals surface area contributed by atoms with Crippen molar-refractivity contribution in [3.05, 3.63) is 34.5 Å². The number of carbonyl (C=O) groups is 1. The van der Waals surface area contributed by atoms with E-state index < -0.39 is 15.9 Å². The van der Waals surface area contributed by atoms with Gasteiger partial charge in [0.1, 0.15) is 11.0 Å². The average molecular weight is 401 g/mol. The number of carbonyl (C=O) groups excluding carboxylic acids is 1. The maximum atomic E-state index is 13.0. The number of urea groups is 1. The summed E-state index contributed by atoms with van der Waals surface area (Å²) in [5, 5.41) is 13.0. The number of benzene rings is 1. The number of ether oxygens (including phenoxy) is 1. The maximum absolute atomic E-state index is 13.0. The van der Waals surface area contributed by atoms with Crippen molar-refractivity contribution in [2.75, 3.05) is 5.32 Å². The number of amides is 2. The molecule has 0 saturated carbocycles. The van der Waals surface area contributed by atoms with Crippen molar-refractivity contribution in [2.24, 2.45) is 9.50 Å². The Hall–Kier alpha value is -2.39. The van der Waals surface area contributed by atoms with E-state index in [1.807, 2.05) is 6.92 Å². The van der Waals surface area contributed by atoms with E-state index in [0.29, 0.717) is 18.3 Å². The largest absolute Gasteiger partial charge is 0.472 e. The van der Waals surface area contributed by atoms with Crippen molar-refractivity contribution < 1.29 is 13.7 Å². The molecule has 0 fully saturated rings. The summed E-state index contributed by atoms with van der Waals surface area (Å²) in [5.74, 6) is 0.724. The lowest BCUT2D eigenvalue weighted by Gasteiger charge is -2.31. The number of hydrogen-bond donors (Lipinski definition) is 2. The molecule has 8 nitrogen and oxygen atoms in total. The molecule has 28 heavy (non-hydrogen) atoms. The molecule has 3 aliphatic rings. The Labute approximate surface area is 163 Å². The maximum Gasteiger partial charge on any atom is 0.354 e. The second-order valence-electron chi connectivity index (χ2n) is 7.94. The molecule has 0 unspecified atom stereocenters. The van der Waals surface area contributed by atoms with Crippen LogP contribution in [0.2, 0.25) is 0 Å². The highest BCUT2D eigenvalue weighted by atomic mass is 32.2. The minimum absolute atomic E-state index is 0.0845. The molecule has 0 saturated heterocycles. The van der Waals surface area contributed by atoms with Crippen molar-refractivity contribution in [3.63, 3.8) is 0 Å². The van der Waals surface area contributed by atoms with Gasteiger partial charge in [0.05, 0.1) is 12.7 Å². The molecular formula is C19H23N5O3S. The first-order chi connectivity index (χ1) is 13.3. The monoisotopic (exact) mass is 401 g/mol. The molecule has 3 atom stereocenters. The van der Waals surface area contributed by atoms with Gasteiger partial charge in [-0.1, -0.05) is 13.0 Å². The fourth-order valence-corrected chi connectivity index (χ4v) is 5.57. The Balaban J connectivity index is 1.49. The lowest BCUT2D eigenvalue weighted by molar-refractivity contribution is 0.248. The Bertz CT molecular complexity index is 1130. The van der Waals surface area contributed by atoms with E-state index in [0.717, 1.165) is 31.4 Å². The van der Waals surface area contributed by atoms with Crippen LogP contribution in [-0.2, 0) is 35.7 Å². The molecule has 3 N–H and O–H groups in total. The van der Waals surface area contributed by atoms with Crippen molar-refractivity contribution in [1.29, 1.82) is 0 Å². The van der Waals surface area contributed by atoms with Gasteiger partial charge >= 0.3 is 6.03 Å². The lowest BCUT2D eigenvalue weighted by atomic mass is 9.75. The number of nitrogens with one attached hydrogen (secondary N) is 1. The fourth-order valence-electron chi connectivity index (χ4n) is 4.58. The minimum Gasteiger partial charge on any atom is -0.472 e. The molecule has 2 amide bonds. The van der Waals surface area contributed by atoms with Gasteiger partial charge in [-0.2, -0.15) is 5.10 Å². The van der Waals surface area contributed by atoms with Gasteiger partial charge < -0.3 is 10.1 Å². The van der Waals surface area contributed by atoms with Gasteiger partial charge in [-0.3, -0.25) is 0 Å². The van der Waals surface area contributed by atoms with Crippen LogP contribution in [0.1, 0.15) is 48.4 Å². The van der Waals surface area contributed by atoms with Crippen LogP contribution in [0.3, 0.4) is 0 Å². The van der Waals surface area contributed by atoms with Gasteiger partial charge in [-0.15, -0.1) is 4.36 Å². The molecule has 9 heteroatoms. The molecule has 1 aliphatic heterocycles. The van der Waals surface area contributed by atoms with Gasteiger partial charge in [-0.05, 0) is 60.8 Å². The zero-order valence-electron chi connectivity index (χ0n) is 15.9. The highest BCUT2D eigenvalue weighted by Gasteiger charge is 2.32. The number of fused-ring (bicyclic) bond motifs is 3. The minimum atomic E-state index is -3.46. The van der Waals surface area contributed by atoms with E-state index >= 15 is 0 Å². The van der Waals surface area contributed by atoms with Crippen molar-refractivity contribution in [2.45, 2.75) is 63.0 Å². The second-order valence-corrected chi connectivity index (χ2v) is 9.70. The third kappa shape index (κ3) is 2.64. The molecule has 2 heterocycles. The predicted octanol–water partition coefficient (Wildman–Crippen LogP) is 2.75. The van der Waals surface area contributed by atoms with Crippen LogP contribution in [0.5, 0.6) is 5.88 Å². The van der Waals surface area contributed by atoms with Gasteiger partial charge in [0.15, 0.2) is 9.92 Å². The Morgan fingerprint density at radius 1 is 1.39 bits per heavy atom. The summed E-state index contributed by atoms with van der Waals surface area (Å²) >= 11 is 0. The van der Waals surface area contributed by atoms with Gasteiger partial charge in [0.2, 0.25) is 5.88 Å². The molecule has 2 aliphatic carbocycles. The van der Waals surface area contributed by atoms with Gasteiger partial charge in [-0.25, -0.2) is 18.8 Å². The number of anilines is 1. The first-order valence-electron chi connectivity index (χ1n) is 9.59. The molecule has 5 rings (SSSR count). The molecule has 1 aromatic carbocycles. The van der Waals surface area contributed by atoms with Crippen LogP contribution in [0.4, 0.5) is 10.5 Å². The van der Waals surface area contributed by atoms with Gasteiger partial charge in [0.25, 0.3) is 0 Å². The molecule has 148 valence electrons. The first-order valence-corrected chi connectivity index (χ1v) is 11.2. The predicted molar refractivity (Wildman–Crippen MR) is 105 cm³/mol. The van der Waals surface area contributed by atoms with Crippen LogP contribution < -0.4 is 15.2 Å². The van der Waals surface area contributed by atoms with Crippen LogP contribution in [0.15, 0.2) is 21.5 Å². The van der Waals surface area contributed by atoms with Crippen LogP contribution in [0.25, 0.3) is 0 Å². The molecule has 0 radical (unpaired) electrons. The van der Waals surface area contributed by atoms with Crippen molar-refractivity contribution >= 4 is 21.6 Å². The number of aryl methyl sites for hydroxylation is 1. The molecular weight excluding hydrogens is 378 g/mol. The SMILES string of the molecule is C[C@@H]1Cn2ncc([S@](N)(=O)=NC(=O)Nc3c4c(cc5c3[C@H](C)C5)CCC4)c2O1. The van der Waals surface area contributed by atoms with Crippen molar-refractivity contribution in [1.82, 2.24) is 9.78 Å². The van der Waals surface area contributed by atoms with Crippen molar-refractivity contribution in [3.8, 4) is 5.88 Å². The molecule has 0 bridgehead atoms. The highest BCUT2D eigenvalue weighted by molar-refractivity contribution is 7.91. The summed E-state index contributed by atoms with van der Waals surface area (Å²) < 4.78 is 24.0. The number of nitrogens with two attached hydrogens (primary N) is 1. The molecule has 2 aromatic rings. The Morgan fingerprint density at radius 3 is 3.00 bits per heavy atom. The summed E-state index contributed by atoms with van der Waals surface area (Å²) in [7, 11) is -3.46. The fraction of sp³-hybridized carbons (Fsp3) is 0.474. The summed E-state index contributed by atoms with van der Waals surface area (Å²) in [6.07, 6.45) is 5.36. The summed E-state index contributed by atoms with van der Waals surface area (Å²) in [5.41, 5.74) is 5.79. The topological polar surface area (TPSA) is 112 Å². The van der Waals surface area contributed by atoms with Gasteiger partial charge in [0, 0.05) is 5.69 Å². The third-order valence-corrected chi connectivity index (χ3v) is 7.16. The highest BCUT2D eigenvalue weighted by Crippen LogP contribution is 2.45. The number of hydrogen-bond acceptors (Lipinski definition) is 4. The zero-order valence-corrected chi connectivity index (χ0v) is 16.7. The number of rotatable bonds is 2. The third-order valence-electron chi connectivity index (χ3n) is 5.81. The zero-order chi connectivity index (χ0) is 19.6. The van der Waals surface area contributed by atoms with E-state index in [1.54, 1.807) is 4.68 Å². The summed E-state index contributed by atoms with van der Waals surface area (Å²) in [6.45, 7) is 4.59. The van der Waals surface area contributed by atoms with E-state index in [4.69, 9.17) is 9.88 Å². The lowest BCUT2D eigenvalue weighted by Crippen LogP contribution is -2.23.